The molecule has 0 aromatic heterocycles. The second-order valence-corrected chi connectivity index (χ2v) is 7.00. The lowest BCUT2D eigenvalue weighted by atomic mass is 9.87. The molecule has 1 fully saturated rings. The zero-order valence-corrected chi connectivity index (χ0v) is 15.0. The fourth-order valence-corrected chi connectivity index (χ4v) is 3.10. The predicted octanol–water partition coefficient (Wildman–Crippen LogP) is 1.88. The minimum atomic E-state index is -0.862. The minimum Gasteiger partial charge on any atom is -0.370 e. The van der Waals surface area contributed by atoms with Crippen LogP contribution in [0.4, 0.5) is 4.39 Å². The molecule has 7 heteroatoms. The maximum absolute atomic E-state index is 13.0. The van der Waals surface area contributed by atoms with Gasteiger partial charge >= 0.3 is 0 Å². The van der Waals surface area contributed by atoms with Crippen LogP contribution in [-0.2, 0) is 9.59 Å². The molecule has 3 amide bonds. The molecular formula is C19H26FN3O3. The van der Waals surface area contributed by atoms with Gasteiger partial charge in [-0.3, -0.25) is 14.4 Å². The first-order chi connectivity index (χ1) is 12.3. The van der Waals surface area contributed by atoms with Crippen molar-refractivity contribution in [2.45, 2.75) is 57.5 Å². The van der Waals surface area contributed by atoms with E-state index >= 15 is 0 Å². The molecule has 0 aliphatic heterocycles. The highest BCUT2D eigenvalue weighted by atomic mass is 19.1. The number of nitrogens with one attached hydrogen (secondary N) is 2. The summed E-state index contributed by atoms with van der Waals surface area (Å²) < 4.78 is 13.0. The lowest BCUT2D eigenvalue weighted by Gasteiger charge is -2.28. The Morgan fingerprint density at radius 1 is 1.15 bits per heavy atom. The average Bonchev–Trinajstić information content (AvgIpc) is 2.60. The van der Waals surface area contributed by atoms with Crippen molar-refractivity contribution in [3.63, 3.8) is 0 Å². The average molecular weight is 363 g/mol. The second-order valence-electron chi connectivity index (χ2n) is 7.00. The Bertz CT molecular complexity index is 640. The zero-order valence-electron chi connectivity index (χ0n) is 15.0. The Morgan fingerprint density at radius 3 is 2.35 bits per heavy atom. The maximum Gasteiger partial charge on any atom is 0.251 e. The largest absolute Gasteiger partial charge is 0.370 e. The van der Waals surface area contributed by atoms with Gasteiger partial charge in [0, 0.05) is 18.0 Å². The standard InChI is InChI=1S/C19H26FN3O3/c1-12-2-8-15(9-3-12)22-19(26)16(10-11-17(21)24)23-18(25)13-4-6-14(20)7-5-13/h4-7,12,15-16H,2-3,8-11H2,1H3,(H2,21,24)(H,22,26)(H,23,25)/t12?,15?,16-/m0/s1. The molecule has 1 atom stereocenters. The molecule has 0 radical (unpaired) electrons. The molecule has 0 heterocycles. The van der Waals surface area contributed by atoms with Crippen LogP contribution in [0, 0.1) is 11.7 Å². The van der Waals surface area contributed by atoms with Crippen molar-refractivity contribution in [1.82, 2.24) is 10.6 Å². The Balaban J connectivity index is 1.99. The molecule has 0 unspecified atom stereocenters. The van der Waals surface area contributed by atoms with Crippen molar-refractivity contribution in [1.29, 1.82) is 0 Å². The first kappa shape index (κ1) is 19.9. The van der Waals surface area contributed by atoms with Gasteiger partial charge in [-0.1, -0.05) is 6.92 Å². The smallest absolute Gasteiger partial charge is 0.251 e. The monoisotopic (exact) mass is 363 g/mol. The van der Waals surface area contributed by atoms with Gasteiger partial charge in [0.25, 0.3) is 5.91 Å². The summed E-state index contributed by atoms with van der Waals surface area (Å²) in [5, 5.41) is 5.59. The first-order valence-electron chi connectivity index (χ1n) is 9.00. The van der Waals surface area contributed by atoms with Crippen LogP contribution < -0.4 is 16.4 Å². The van der Waals surface area contributed by atoms with Crippen molar-refractivity contribution in [2.24, 2.45) is 11.7 Å². The Morgan fingerprint density at radius 2 is 1.77 bits per heavy atom. The third-order valence-corrected chi connectivity index (χ3v) is 4.77. The topological polar surface area (TPSA) is 101 Å². The second kappa shape index (κ2) is 9.31. The SMILES string of the molecule is CC1CCC(NC(=O)[C@H](CCC(N)=O)NC(=O)c2ccc(F)cc2)CC1. The number of benzene rings is 1. The summed E-state index contributed by atoms with van der Waals surface area (Å²) >= 11 is 0. The quantitative estimate of drug-likeness (QED) is 0.689. The van der Waals surface area contributed by atoms with E-state index < -0.39 is 23.7 Å². The fraction of sp³-hybridized carbons (Fsp3) is 0.526. The van der Waals surface area contributed by atoms with E-state index in [1.54, 1.807) is 0 Å². The molecule has 4 N–H and O–H groups in total. The van der Waals surface area contributed by atoms with Gasteiger partial charge in [-0.25, -0.2) is 4.39 Å². The molecule has 0 saturated heterocycles. The summed E-state index contributed by atoms with van der Waals surface area (Å²) in [6, 6.07) is 4.26. The van der Waals surface area contributed by atoms with Gasteiger partial charge in [0.05, 0.1) is 0 Å². The Hall–Kier alpha value is -2.44. The van der Waals surface area contributed by atoms with E-state index in [0.717, 1.165) is 25.7 Å². The van der Waals surface area contributed by atoms with E-state index in [4.69, 9.17) is 5.73 Å². The van der Waals surface area contributed by atoms with E-state index in [2.05, 4.69) is 17.6 Å². The normalized spacial score (nSPS) is 20.8. The van der Waals surface area contributed by atoms with Gasteiger partial charge in [0.15, 0.2) is 0 Å². The van der Waals surface area contributed by atoms with Crippen LogP contribution in [0.1, 0.15) is 55.8 Å². The van der Waals surface area contributed by atoms with E-state index in [-0.39, 0.29) is 30.4 Å². The van der Waals surface area contributed by atoms with Gasteiger partial charge in [-0.2, -0.15) is 0 Å². The third kappa shape index (κ3) is 6.13. The number of primary amides is 1. The van der Waals surface area contributed by atoms with Crippen molar-refractivity contribution in [2.75, 3.05) is 0 Å². The molecule has 0 spiro atoms. The van der Waals surface area contributed by atoms with Crippen LogP contribution in [-0.4, -0.2) is 29.8 Å². The number of hydrogen-bond donors (Lipinski definition) is 3. The molecule has 2 rings (SSSR count). The summed E-state index contributed by atoms with van der Waals surface area (Å²) in [6.07, 6.45) is 4.03. The zero-order chi connectivity index (χ0) is 19.1. The first-order valence-corrected chi connectivity index (χ1v) is 9.00. The van der Waals surface area contributed by atoms with Crippen molar-refractivity contribution < 1.29 is 18.8 Å². The van der Waals surface area contributed by atoms with Gasteiger partial charge in [-0.15, -0.1) is 0 Å². The van der Waals surface area contributed by atoms with Crippen LogP contribution >= 0.6 is 0 Å². The lowest BCUT2D eigenvalue weighted by Crippen LogP contribution is -2.50. The summed E-state index contributed by atoms with van der Waals surface area (Å²) in [5.74, 6) is -1.14. The molecule has 1 aromatic carbocycles. The van der Waals surface area contributed by atoms with Crippen LogP contribution in [0.25, 0.3) is 0 Å². The van der Waals surface area contributed by atoms with E-state index in [1.165, 1.54) is 24.3 Å². The Kier molecular flexibility index (Phi) is 7.12. The summed E-state index contributed by atoms with van der Waals surface area (Å²) in [6.45, 7) is 2.19. The number of halogens is 1. The molecule has 1 aliphatic carbocycles. The number of amides is 3. The van der Waals surface area contributed by atoms with Crippen LogP contribution in [0.5, 0.6) is 0 Å². The lowest BCUT2D eigenvalue weighted by molar-refractivity contribution is -0.124. The fourth-order valence-electron chi connectivity index (χ4n) is 3.10. The van der Waals surface area contributed by atoms with Gasteiger partial charge < -0.3 is 16.4 Å². The van der Waals surface area contributed by atoms with Crippen LogP contribution in [0.15, 0.2) is 24.3 Å². The number of hydrogen-bond acceptors (Lipinski definition) is 3. The highest BCUT2D eigenvalue weighted by Gasteiger charge is 2.26. The highest BCUT2D eigenvalue weighted by molar-refractivity contribution is 5.97. The highest BCUT2D eigenvalue weighted by Crippen LogP contribution is 2.23. The minimum absolute atomic E-state index is 0.0104. The van der Waals surface area contributed by atoms with Crippen molar-refractivity contribution in [3.05, 3.63) is 35.6 Å². The van der Waals surface area contributed by atoms with Crippen LogP contribution in [0.2, 0.25) is 0 Å². The van der Waals surface area contributed by atoms with Crippen LogP contribution in [0.3, 0.4) is 0 Å². The predicted molar refractivity (Wildman–Crippen MR) is 95.6 cm³/mol. The summed E-state index contributed by atoms with van der Waals surface area (Å²) in [7, 11) is 0. The van der Waals surface area contributed by atoms with E-state index in [1.807, 2.05) is 0 Å². The molecule has 1 aliphatic rings. The van der Waals surface area contributed by atoms with Gasteiger partial charge in [0.2, 0.25) is 11.8 Å². The van der Waals surface area contributed by atoms with Crippen molar-refractivity contribution >= 4 is 17.7 Å². The molecule has 1 aromatic rings. The number of carbonyl (C=O) groups excluding carboxylic acids is 3. The van der Waals surface area contributed by atoms with E-state index in [9.17, 15) is 18.8 Å². The summed E-state index contributed by atoms with van der Waals surface area (Å²) in [5.41, 5.74) is 5.42. The maximum atomic E-state index is 13.0. The molecule has 0 bridgehead atoms. The van der Waals surface area contributed by atoms with Crippen molar-refractivity contribution in [3.8, 4) is 0 Å². The van der Waals surface area contributed by atoms with Gasteiger partial charge in [-0.05, 0) is 62.3 Å². The molecule has 142 valence electrons. The number of carbonyl (C=O) groups is 3. The number of rotatable bonds is 7. The molecule has 26 heavy (non-hydrogen) atoms. The third-order valence-electron chi connectivity index (χ3n) is 4.77. The summed E-state index contributed by atoms with van der Waals surface area (Å²) in [4.78, 5) is 36.0. The molecule has 1 saturated carbocycles. The van der Waals surface area contributed by atoms with Gasteiger partial charge in [0.1, 0.15) is 11.9 Å². The molecular weight excluding hydrogens is 337 g/mol. The van der Waals surface area contributed by atoms with E-state index in [0.29, 0.717) is 5.92 Å². The molecule has 6 nitrogen and oxygen atoms in total. The number of nitrogens with two attached hydrogens (primary N) is 1. The Labute approximate surface area is 152 Å².